The first-order valence-corrected chi connectivity index (χ1v) is 9.92. The van der Waals surface area contributed by atoms with Crippen LogP contribution in [0.3, 0.4) is 0 Å². The number of benzene rings is 2. The standard InChI is InChI=1S/C19H22N2O5S/c1-4-26-19(23)16-7-5-6-8-17(16)21-27(24,25)15-11-9-14(10-12-15)18(22)20-13(2)3/h5-13,21H,4H2,1-3H3,(H,20,22). The first-order valence-electron chi connectivity index (χ1n) is 8.44. The predicted octanol–water partition coefficient (Wildman–Crippen LogP) is 2.80. The zero-order chi connectivity index (χ0) is 20.0. The van der Waals surface area contributed by atoms with Gasteiger partial charge in [0.05, 0.1) is 22.8 Å². The maximum atomic E-state index is 12.6. The number of sulfonamides is 1. The minimum absolute atomic E-state index is 0.0257. The van der Waals surface area contributed by atoms with Gasteiger partial charge in [-0.2, -0.15) is 0 Å². The molecular formula is C19H22N2O5S. The van der Waals surface area contributed by atoms with Gasteiger partial charge in [-0.05, 0) is 57.2 Å². The molecule has 2 aromatic rings. The number of carbonyl (C=O) groups is 2. The second kappa shape index (κ2) is 8.68. The van der Waals surface area contributed by atoms with E-state index in [1.54, 1.807) is 19.1 Å². The summed E-state index contributed by atoms with van der Waals surface area (Å²) in [6.45, 7) is 5.52. The van der Waals surface area contributed by atoms with E-state index in [9.17, 15) is 18.0 Å². The highest BCUT2D eigenvalue weighted by molar-refractivity contribution is 7.92. The number of amides is 1. The van der Waals surface area contributed by atoms with Crippen molar-refractivity contribution in [2.75, 3.05) is 11.3 Å². The van der Waals surface area contributed by atoms with Crippen LogP contribution in [0.25, 0.3) is 0 Å². The second-order valence-corrected chi connectivity index (χ2v) is 7.71. The summed E-state index contributed by atoms with van der Waals surface area (Å²) >= 11 is 0. The molecule has 0 bridgehead atoms. The van der Waals surface area contributed by atoms with Gasteiger partial charge in [-0.25, -0.2) is 13.2 Å². The lowest BCUT2D eigenvalue weighted by Crippen LogP contribution is -2.30. The highest BCUT2D eigenvalue weighted by Crippen LogP contribution is 2.21. The summed E-state index contributed by atoms with van der Waals surface area (Å²) in [4.78, 5) is 23.9. The first kappa shape index (κ1) is 20.4. The molecule has 8 heteroatoms. The quantitative estimate of drug-likeness (QED) is 0.708. The zero-order valence-electron chi connectivity index (χ0n) is 15.4. The molecule has 0 unspecified atom stereocenters. The number of esters is 1. The maximum Gasteiger partial charge on any atom is 0.340 e. The number of hydrogen-bond donors (Lipinski definition) is 2. The van der Waals surface area contributed by atoms with E-state index in [1.807, 2.05) is 13.8 Å². The monoisotopic (exact) mass is 390 g/mol. The van der Waals surface area contributed by atoms with Gasteiger partial charge in [0.2, 0.25) is 0 Å². The summed E-state index contributed by atoms with van der Waals surface area (Å²) in [5.74, 6) is -0.897. The van der Waals surface area contributed by atoms with Crippen LogP contribution >= 0.6 is 0 Å². The lowest BCUT2D eigenvalue weighted by molar-refractivity contribution is 0.0527. The third-order valence-corrected chi connectivity index (χ3v) is 4.89. The molecule has 0 saturated carbocycles. The van der Waals surface area contributed by atoms with Crippen LogP contribution in [0.1, 0.15) is 41.5 Å². The van der Waals surface area contributed by atoms with Gasteiger partial charge in [-0.15, -0.1) is 0 Å². The molecule has 0 aliphatic rings. The van der Waals surface area contributed by atoms with E-state index < -0.39 is 16.0 Å². The molecule has 0 saturated heterocycles. The summed E-state index contributed by atoms with van der Waals surface area (Å²) in [6.07, 6.45) is 0. The fraction of sp³-hybridized carbons (Fsp3) is 0.263. The van der Waals surface area contributed by atoms with Crippen molar-refractivity contribution in [2.24, 2.45) is 0 Å². The van der Waals surface area contributed by atoms with Gasteiger partial charge >= 0.3 is 5.97 Å². The summed E-state index contributed by atoms with van der Waals surface area (Å²) < 4.78 is 32.6. The van der Waals surface area contributed by atoms with Crippen LogP contribution in [0.2, 0.25) is 0 Å². The lowest BCUT2D eigenvalue weighted by atomic mass is 10.2. The number of rotatable bonds is 7. The van der Waals surface area contributed by atoms with E-state index >= 15 is 0 Å². The van der Waals surface area contributed by atoms with E-state index in [0.717, 1.165) is 0 Å². The predicted molar refractivity (Wildman–Crippen MR) is 102 cm³/mol. The van der Waals surface area contributed by atoms with Gasteiger partial charge in [0.1, 0.15) is 0 Å². The van der Waals surface area contributed by atoms with Crippen molar-refractivity contribution in [1.29, 1.82) is 0 Å². The Morgan fingerprint density at radius 1 is 1.04 bits per heavy atom. The average molecular weight is 390 g/mol. The number of carbonyl (C=O) groups excluding carboxylic acids is 2. The Kier molecular flexibility index (Phi) is 6.57. The Morgan fingerprint density at radius 3 is 2.26 bits per heavy atom. The molecule has 0 heterocycles. The summed E-state index contributed by atoms with van der Waals surface area (Å²) in [5.41, 5.74) is 0.600. The van der Waals surface area contributed by atoms with E-state index in [-0.39, 0.29) is 34.7 Å². The van der Waals surface area contributed by atoms with Crippen LogP contribution < -0.4 is 10.0 Å². The fourth-order valence-electron chi connectivity index (χ4n) is 2.29. The molecule has 2 rings (SSSR count). The third kappa shape index (κ3) is 5.30. The molecular weight excluding hydrogens is 368 g/mol. The molecule has 0 aliphatic carbocycles. The normalized spacial score (nSPS) is 11.1. The Morgan fingerprint density at radius 2 is 1.67 bits per heavy atom. The average Bonchev–Trinajstić information content (AvgIpc) is 2.61. The molecule has 0 fully saturated rings. The molecule has 2 N–H and O–H groups in total. The van der Waals surface area contributed by atoms with Crippen LogP contribution in [-0.4, -0.2) is 32.9 Å². The molecule has 0 spiro atoms. The molecule has 0 aliphatic heterocycles. The van der Waals surface area contributed by atoms with Gasteiger partial charge in [-0.1, -0.05) is 12.1 Å². The number of ether oxygens (including phenoxy) is 1. The van der Waals surface area contributed by atoms with Crippen molar-refractivity contribution in [3.63, 3.8) is 0 Å². The Balaban J connectivity index is 2.25. The van der Waals surface area contributed by atoms with E-state index in [4.69, 9.17) is 4.74 Å². The van der Waals surface area contributed by atoms with Crippen LogP contribution in [0.15, 0.2) is 53.4 Å². The van der Waals surface area contributed by atoms with Crippen molar-refractivity contribution in [3.05, 3.63) is 59.7 Å². The molecule has 27 heavy (non-hydrogen) atoms. The van der Waals surface area contributed by atoms with Gasteiger partial charge in [-0.3, -0.25) is 9.52 Å². The SMILES string of the molecule is CCOC(=O)c1ccccc1NS(=O)(=O)c1ccc(C(=O)NC(C)C)cc1. The number of hydrogen-bond acceptors (Lipinski definition) is 5. The lowest BCUT2D eigenvalue weighted by Gasteiger charge is -2.12. The molecule has 7 nitrogen and oxygen atoms in total. The van der Waals surface area contributed by atoms with Gasteiger partial charge < -0.3 is 10.1 Å². The molecule has 0 atom stereocenters. The van der Waals surface area contributed by atoms with Crippen LogP contribution in [-0.2, 0) is 14.8 Å². The minimum atomic E-state index is -3.94. The second-order valence-electron chi connectivity index (χ2n) is 6.02. The maximum absolute atomic E-state index is 12.6. The van der Waals surface area contributed by atoms with Crippen LogP contribution in [0.4, 0.5) is 5.69 Å². The fourth-order valence-corrected chi connectivity index (χ4v) is 3.37. The Hall–Kier alpha value is -2.87. The minimum Gasteiger partial charge on any atom is -0.462 e. The summed E-state index contributed by atoms with van der Waals surface area (Å²) in [6, 6.07) is 11.7. The van der Waals surface area contributed by atoms with Gasteiger partial charge in [0, 0.05) is 11.6 Å². The van der Waals surface area contributed by atoms with Crippen molar-refractivity contribution < 1.29 is 22.7 Å². The Labute approximate surface area is 158 Å². The smallest absolute Gasteiger partial charge is 0.340 e. The first-order chi connectivity index (χ1) is 12.7. The topological polar surface area (TPSA) is 102 Å². The van der Waals surface area contributed by atoms with Crippen molar-refractivity contribution in [2.45, 2.75) is 31.7 Å². The third-order valence-electron chi connectivity index (χ3n) is 3.51. The molecule has 0 aromatic heterocycles. The van der Waals surface area contributed by atoms with E-state index in [0.29, 0.717) is 5.56 Å². The van der Waals surface area contributed by atoms with Crippen LogP contribution in [0.5, 0.6) is 0 Å². The van der Waals surface area contributed by atoms with Crippen molar-refractivity contribution >= 4 is 27.6 Å². The molecule has 0 radical (unpaired) electrons. The number of anilines is 1. The largest absolute Gasteiger partial charge is 0.462 e. The van der Waals surface area contributed by atoms with Gasteiger partial charge in [0.15, 0.2) is 0 Å². The molecule has 1 amide bonds. The summed E-state index contributed by atoms with van der Waals surface area (Å²) in [5, 5.41) is 2.73. The molecule has 144 valence electrons. The number of nitrogens with one attached hydrogen (secondary N) is 2. The van der Waals surface area contributed by atoms with Crippen LogP contribution in [0, 0.1) is 0 Å². The molecule has 2 aromatic carbocycles. The van der Waals surface area contributed by atoms with Crippen molar-refractivity contribution in [1.82, 2.24) is 5.32 Å². The zero-order valence-corrected chi connectivity index (χ0v) is 16.2. The number of para-hydroxylation sites is 1. The van der Waals surface area contributed by atoms with Crippen molar-refractivity contribution in [3.8, 4) is 0 Å². The highest BCUT2D eigenvalue weighted by Gasteiger charge is 2.19. The Bertz CT molecular complexity index is 921. The highest BCUT2D eigenvalue weighted by atomic mass is 32.2. The van der Waals surface area contributed by atoms with E-state index in [2.05, 4.69) is 10.0 Å². The van der Waals surface area contributed by atoms with E-state index in [1.165, 1.54) is 36.4 Å². The van der Waals surface area contributed by atoms with Gasteiger partial charge in [0.25, 0.3) is 15.9 Å². The summed E-state index contributed by atoms with van der Waals surface area (Å²) in [7, 11) is -3.94.